The summed E-state index contributed by atoms with van der Waals surface area (Å²) < 4.78 is 18.9. The van der Waals surface area contributed by atoms with Gasteiger partial charge >= 0.3 is 5.97 Å². The molecule has 0 aliphatic carbocycles. The van der Waals surface area contributed by atoms with E-state index in [1.807, 2.05) is 0 Å². The van der Waals surface area contributed by atoms with Crippen LogP contribution in [-0.2, 0) is 4.79 Å². The fraction of sp³-hybridized carbons (Fsp3) is 0.467. The van der Waals surface area contributed by atoms with Crippen molar-refractivity contribution in [3.63, 3.8) is 0 Å². The first kappa shape index (κ1) is 15.3. The van der Waals surface area contributed by atoms with Crippen LogP contribution in [0.1, 0.15) is 29.6 Å². The van der Waals surface area contributed by atoms with Crippen molar-refractivity contribution in [3.05, 3.63) is 29.6 Å². The van der Waals surface area contributed by atoms with E-state index in [1.54, 1.807) is 11.0 Å². The molecule has 0 saturated carbocycles. The van der Waals surface area contributed by atoms with Crippen molar-refractivity contribution in [2.75, 3.05) is 20.2 Å². The lowest BCUT2D eigenvalue weighted by atomic mass is 9.93. The number of hydrogen-bond acceptors (Lipinski definition) is 3. The van der Waals surface area contributed by atoms with Crippen LogP contribution in [0.5, 0.6) is 5.75 Å². The number of carbonyl (C=O) groups is 2. The minimum atomic E-state index is -0.821. The first-order valence-electron chi connectivity index (χ1n) is 6.86. The van der Waals surface area contributed by atoms with Crippen LogP contribution in [0.2, 0.25) is 0 Å². The third-order valence-corrected chi connectivity index (χ3v) is 3.78. The van der Waals surface area contributed by atoms with Crippen LogP contribution in [0.4, 0.5) is 4.39 Å². The summed E-state index contributed by atoms with van der Waals surface area (Å²) in [6, 6.07) is 4.47. The standard InChI is InChI=1S/C15H18FNO4/c1-21-12-4-2-3-11(14(12)16)15(20)17-7-5-10(6-8-17)9-13(18)19/h2-4,10H,5-9H2,1H3,(H,18,19). The Balaban J connectivity index is 2.04. The average molecular weight is 295 g/mol. The molecule has 0 atom stereocenters. The van der Waals surface area contributed by atoms with Crippen LogP contribution in [0.25, 0.3) is 0 Å². The molecule has 1 aromatic rings. The predicted octanol–water partition coefficient (Wildman–Crippen LogP) is 2.16. The van der Waals surface area contributed by atoms with Gasteiger partial charge in [0.05, 0.1) is 12.7 Å². The van der Waals surface area contributed by atoms with Crippen LogP contribution < -0.4 is 4.74 Å². The maximum Gasteiger partial charge on any atom is 0.303 e. The summed E-state index contributed by atoms with van der Waals surface area (Å²) in [5, 5.41) is 8.77. The Kier molecular flexibility index (Phi) is 4.77. The minimum Gasteiger partial charge on any atom is -0.494 e. The summed E-state index contributed by atoms with van der Waals surface area (Å²) in [5.41, 5.74) is -0.00830. The largest absolute Gasteiger partial charge is 0.494 e. The van der Waals surface area contributed by atoms with Crippen molar-refractivity contribution in [2.24, 2.45) is 5.92 Å². The van der Waals surface area contributed by atoms with Gasteiger partial charge in [-0.05, 0) is 30.9 Å². The van der Waals surface area contributed by atoms with E-state index in [2.05, 4.69) is 0 Å². The first-order valence-corrected chi connectivity index (χ1v) is 6.86. The number of methoxy groups -OCH3 is 1. The molecule has 1 N–H and O–H groups in total. The number of carboxylic acids is 1. The van der Waals surface area contributed by atoms with Crippen LogP contribution in [0.15, 0.2) is 18.2 Å². The van der Waals surface area contributed by atoms with E-state index in [1.165, 1.54) is 19.2 Å². The van der Waals surface area contributed by atoms with Gasteiger partial charge in [-0.25, -0.2) is 4.39 Å². The second kappa shape index (κ2) is 6.56. The highest BCUT2D eigenvalue weighted by molar-refractivity contribution is 5.95. The summed E-state index contributed by atoms with van der Waals surface area (Å²) in [4.78, 5) is 24.6. The molecule has 1 fully saturated rings. The van der Waals surface area contributed by atoms with Gasteiger partial charge in [0.1, 0.15) is 0 Å². The smallest absolute Gasteiger partial charge is 0.303 e. The fourth-order valence-electron chi connectivity index (χ4n) is 2.59. The van der Waals surface area contributed by atoms with Crippen molar-refractivity contribution >= 4 is 11.9 Å². The van der Waals surface area contributed by atoms with E-state index >= 15 is 0 Å². The van der Waals surface area contributed by atoms with E-state index in [4.69, 9.17) is 9.84 Å². The van der Waals surface area contributed by atoms with E-state index < -0.39 is 11.8 Å². The molecule has 2 rings (SSSR count). The number of aliphatic carboxylic acids is 1. The molecule has 6 heteroatoms. The van der Waals surface area contributed by atoms with Crippen molar-refractivity contribution in [1.82, 2.24) is 4.90 Å². The minimum absolute atomic E-state index is 0.00830. The van der Waals surface area contributed by atoms with E-state index in [9.17, 15) is 14.0 Å². The molecule has 1 aliphatic heterocycles. The normalized spacial score (nSPS) is 15.8. The summed E-state index contributed by atoms with van der Waals surface area (Å²) in [6.07, 6.45) is 1.38. The number of halogens is 1. The number of nitrogens with zero attached hydrogens (tertiary/aromatic N) is 1. The molecule has 0 bridgehead atoms. The Morgan fingerprint density at radius 1 is 1.38 bits per heavy atom. The molecule has 0 aromatic heterocycles. The number of piperidine rings is 1. The zero-order valence-electron chi connectivity index (χ0n) is 11.8. The second-order valence-electron chi connectivity index (χ2n) is 5.16. The topological polar surface area (TPSA) is 66.8 Å². The lowest BCUT2D eigenvalue weighted by Gasteiger charge is -2.31. The van der Waals surface area contributed by atoms with Gasteiger partial charge in [-0.2, -0.15) is 0 Å². The molecule has 1 aliphatic rings. The molecular weight excluding hydrogens is 277 g/mol. The summed E-state index contributed by atoms with van der Waals surface area (Å²) >= 11 is 0. The molecule has 1 amide bonds. The summed E-state index contributed by atoms with van der Waals surface area (Å²) in [7, 11) is 1.35. The SMILES string of the molecule is COc1cccc(C(=O)N2CCC(CC(=O)O)CC2)c1F. The van der Waals surface area contributed by atoms with E-state index in [-0.39, 0.29) is 29.6 Å². The molecule has 0 spiro atoms. The number of likely N-dealkylation sites (tertiary alicyclic amines) is 1. The molecule has 114 valence electrons. The van der Waals surface area contributed by atoms with Gasteiger partial charge in [-0.1, -0.05) is 6.07 Å². The number of rotatable bonds is 4. The van der Waals surface area contributed by atoms with E-state index in [0.29, 0.717) is 25.9 Å². The zero-order valence-corrected chi connectivity index (χ0v) is 11.8. The number of amides is 1. The molecule has 1 heterocycles. The quantitative estimate of drug-likeness (QED) is 0.924. The molecule has 0 radical (unpaired) electrons. The van der Waals surface area contributed by atoms with Crippen molar-refractivity contribution in [3.8, 4) is 5.75 Å². The maximum absolute atomic E-state index is 14.1. The molecule has 0 unspecified atom stereocenters. The maximum atomic E-state index is 14.1. The fourth-order valence-corrected chi connectivity index (χ4v) is 2.59. The molecule has 21 heavy (non-hydrogen) atoms. The average Bonchev–Trinajstić information content (AvgIpc) is 2.47. The molecule has 1 saturated heterocycles. The number of ether oxygens (including phenoxy) is 1. The van der Waals surface area contributed by atoms with Crippen LogP contribution in [-0.4, -0.2) is 42.1 Å². The lowest BCUT2D eigenvalue weighted by molar-refractivity contribution is -0.138. The van der Waals surface area contributed by atoms with Gasteiger partial charge in [-0.15, -0.1) is 0 Å². The van der Waals surface area contributed by atoms with Gasteiger partial charge in [0.25, 0.3) is 5.91 Å². The van der Waals surface area contributed by atoms with Crippen LogP contribution in [0, 0.1) is 11.7 Å². The van der Waals surface area contributed by atoms with Crippen LogP contribution >= 0.6 is 0 Å². The number of hydrogen-bond donors (Lipinski definition) is 1. The number of benzene rings is 1. The highest BCUT2D eigenvalue weighted by Gasteiger charge is 2.27. The Hall–Kier alpha value is -2.11. The monoisotopic (exact) mass is 295 g/mol. The molecule has 5 nitrogen and oxygen atoms in total. The second-order valence-corrected chi connectivity index (χ2v) is 5.16. The Morgan fingerprint density at radius 3 is 2.62 bits per heavy atom. The third-order valence-electron chi connectivity index (χ3n) is 3.78. The Morgan fingerprint density at radius 2 is 2.05 bits per heavy atom. The zero-order chi connectivity index (χ0) is 15.4. The van der Waals surface area contributed by atoms with Crippen LogP contribution in [0.3, 0.4) is 0 Å². The van der Waals surface area contributed by atoms with Gasteiger partial charge < -0.3 is 14.7 Å². The highest BCUT2D eigenvalue weighted by atomic mass is 19.1. The van der Waals surface area contributed by atoms with Gasteiger partial charge in [-0.3, -0.25) is 9.59 Å². The third kappa shape index (κ3) is 3.51. The lowest BCUT2D eigenvalue weighted by Crippen LogP contribution is -2.39. The van der Waals surface area contributed by atoms with Gasteiger partial charge in [0.15, 0.2) is 11.6 Å². The predicted molar refractivity (Wildman–Crippen MR) is 73.8 cm³/mol. The van der Waals surface area contributed by atoms with Gasteiger partial charge in [0.2, 0.25) is 0 Å². The number of carboxylic acid groups (broad SMARTS) is 1. The van der Waals surface area contributed by atoms with Crippen molar-refractivity contribution in [2.45, 2.75) is 19.3 Å². The molecule has 1 aromatic carbocycles. The molecular formula is C15H18FNO4. The summed E-state index contributed by atoms with van der Waals surface area (Å²) in [6.45, 7) is 0.904. The van der Waals surface area contributed by atoms with Gasteiger partial charge in [0, 0.05) is 19.5 Å². The van der Waals surface area contributed by atoms with Crippen molar-refractivity contribution < 1.29 is 23.8 Å². The Labute approximate surface area is 122 Å². The van der Waals surface area contributed by atoms with E-state index in [0.717, 1.165) is 0 Å². The first-order chi connectivity index (χ1) is 10.0. The summed E-state index contributed by atoms with van der Waals surface area (Å²) in [5.74, 6) is -1.72. The highest BCUT2D eigenvalue weighted by Crippen LogP contribution is 2.25. The number of carbonyl (C=O) groups excluding carboxylic acids is 1. The Bertz CT molecular complexity index is 538. The van der Waals surface area contributed by atoms with Crippen molar-refractivity contribution in [1.29, 1.82) is 0 Å².